The number of H-pyrrole nitrogens is 1. The standard InChI is InChI=1S/C48H74N6O16S/c1-5-37(29-55)70-46(65-4)31-69-45(62)12-8-11-41(58)51-17-24-71-40-27-44(61)54(48(40)64)18-13-42(59)49-15-20-66-19-14-43(60)50-16-21-67-22-23-68-30-36(57)26-34(47(63)53-32(2)33(3)56)25-35-28-52-39-10-7-6-9-38(35)39/h6-7,9-10,28,32-34,37,40,46,52,55-56H,5,8,11-27,29-31H2,1-4H3,(H,49,59)(H,50,60)(H,51,58)(H,53,63)/t32-,33-,34-,37?,40?,46?/m1/s1. The van der Waals surface area contributed by atoms with Crippen LogP contribution in [0.1, 0.15) is 77.7 Å². The van der Waals surface area contributed by atoms with Crippen molar-refractivity contribution in [1.29, 1.82) is 0 Å². The zero-order valence-electron chi connectivity index (χ0n) is 41.4. The molecule has 0 bridgehead atoms. The Morgan fingerprint density at radius 3 is 2.25 bits per heavy atom. The fourth-order valence-electron chi connectivity index (χ4n) is 6.98. The Hall–Kier alpha value is -5.01. The Bertz CT molecular complexity index is 1980. The summed E-state index contributed by atoms with van der Waals surface area (Å²) in [6.07, 6.45) is 1.04. The van der Waals surface area contributed by atoms with Gasteiger partial charge in [-0.2, -0.15) is 0 Å². The summed E-state index contributed by atoms with van der Waals surface area (Å²) in [7, 11) is 1.40. The number of aromatic amines is 1. The molecule has 23 heteroatoms. The lowest BCUT2D eigenvalue weighted by atomic mass is 9.92. The van der Waals surface area contributed by atoms with Crippen LogP contribution in [0.5, 0.6) is 0 Å². The number of imide groups is 1. The zero-order valence-corrected chi connectivity index (χ0v) is 42.2. The molecule has 398 valence electrons. The predicted molar refractivity (Wildman–Crippen MR) is 261 cm³/mol. The van der Waals surface area contributed by atoms with Crippen LogP contribution in [0.25, 0.3) is 10.9 Å². The van der Waals surface area contributed by atoms with Gasteiger partial charge in [-0.05, 0) is 44.7 Å². The molecule has 1 aliphatic rings. The number of likely N-dealkylation sites (tertiary alicyclic amines) is 1. The van der Waals surface area contributed by atoms with Crippen molar-refractivity contribution in [2.45, 2.75) is 108 Å². The molecule has 3 unspecified atom stereocenters. The third kappa shape index (κ3) is 23.8. The van der Waals surface area contributed by atoms with Crippen LogP contribution >= 0.6 is 11.8 Å². The number of carbonyl (C=O) groups is 8. The van der Waals surface area contributed by atoms with Crippen LogP contribution in [0.3, 0.4) is 0 Å². The quantitative estimate of drug-likeness (QED) is 0.0210. The first-order chi connectivity index (χ1) is 34.1. The smallest absolute Gasteiger partial charge is 0.305 e. The van der Waals surface area contributed by atoms with Crippen LogP contribution in [0.4, 0.5) is 0 Å². The number of hydrogen-bond acceptors (Lipinski definition) is 17. The number of thioether (sulfide) groups is 1. The third-order valence-electron chi connectivity index (χ3n) is 11.3. The molecule has 6 atom stereocenters. The molecule has 0 radical (unpaired) electrons. The van der Waals surface area contributed by atoms with E-state index in [-0.39, 0.29) is 165 Å². The number of carbonyl (C=O) groups excluding carboxylic acids is 8. The first-order valence-corrected chi connectivity index (χ1v) is 25.2. The molecule has 0 spiro atoms. The predicted octanol–water partition coefficient (Wildman–Crippen LogP) is 0.684. The molecular weight excluding hydrogens is 949 g/mol. The Balaban J connectivity index is 1.15. The highest BCUT2D eigenvalue weighted by Gasteiger charge is 2.38. The Morgan fingerprint density at radius 2 is 1.55 bits per heavy atom. The van der Waals surface area contributed by atoms with E-state index < -0.39 is 41.7 Å². The number of nitrogens with one attached hydrogen (secondary N) is 5. The molecule has 1 aliphatic heterocycles. The minimum atomic E-state index is -0.814. The van der Waals surface area contributed by atoms with Crippen LogP contribution < -0.4 is 21.3 Å². The molecule has 1 saturated heterocycles. The van der Waals surface area contributed by atoms with E-state index in [1.165, 1.54) is 18.9 Å². The molecule has 3 rings (SSSR count). The third-order valence-corrected chi connectivity index (χ3v) is 12.5. The second-order valence-corrected chi connectivity index (χ2v) is 18.2. The van der Waals surface area contributed by atoms with Gasteiger partial charge in [0.2, 0.25) is 35.4 Å². The number of fused-ring (bicyclic) bond motifs is 1. The fraction of sp³-hybridized carbons (Fsp3) is 0.667. The van der Waals surface area contributed by atoms with Gasteiger partial charge in [0.1, 0.15) is 13.2 Å². The molecule has 0 aliphatic carbocycles. The van der Waals surface area contributed by atoms with Crippen LogP contribution in [0, 0.1) is 5.92 Å². The number of aromatic nitrogens is 1. The Kier molecular flexibility index (Phi) is 29.2. The molecule has 71 heavy (non-hydrogen) atoms. The summed E-state index contributed by atoms with van der Waals surface area (Å²) in [4.78, 5) is 104. The number of rotatable bonds is 39. The molecule has 2 heterocycles. The Labute approximate surface area is 419 Å². The Morgan fingerprint density at radius 1 is 0.873 bits per heavy atom. The van der Waals surface area contributed by atoms with Crippen LogP contribution in [0.15, 0.2) is 30.5 Å². The summed E-state index contributed by atoms with van der Waals surface area (Å²) in [6, 6.07) is 7.22. The fourth-order valence-corrected chi connectivity index (χ4v) is 8.01. The molecule has 1 aromatic carbocycles. The number of amides is 6. The van der Waals surface area contributed by atoms with Crippen molar-refractivity contribution in [1.82, 2.24) is 31.2 Å². The number of ether oxygens (including phenoxy) is 6. The second-order valence-electron chi connectivity index (χ2n) is 16.9. The minimum absolute atomic E-state index is 0.00507. The average Bonchev–Trinajstić information content (AvgIpc) is 3.88. The van der Waals surface area contributed by atoms with Crippen molar-refractivity contribution < 1.29 is 77.0 Å². The average molecular weight is 1020 g/mol. The normalized spacial score (nSPS) is 15.7. The van der Waals surface area contributed by atoms with Gasteiger partial charge in [0.05, 0.1) is 63.1 Å². The lowest BCUT2D eigenvalue weighted by molar-refractivity contribution is -0.194. The van der Waals surface area contributed by atoms with Gasteiger partial charge >= 0.3 is 5.97 Å². The first kappa shape index (κ1) is 60.3. The van der Waals surface area contributed by atoms with E-state index in [9.17, 15) is 48.6 Å². The van der Waals surface area contributed by atoms with Gasteiger partial charge < -0.3 is 64.9 Å². The van der Waals surface area contributed by atoms with Crippen LogP contribution in [0.2, 0.25) is 0 Å². The monoisotopic (exact) mass is 1020 g/mol. The van der Waals surface area contributed by atoms with E-state index in [0.717, 1.165) is 21.4 Å². The molecule has 7 N–H and O–H groups in total. The summed E-state index contributed by atoms with van der Waals surface area (Å²) in [5.74, 6) is -3.04. The maximum absolute atomic E-state index is 13.1. The van der Waals surface area contributed by atoms with Crippen molar-refractivity contribution in [2.24, 2.45) is 5.92 Å². The summed E-state index contributed by atoms with van der Waals surface area (Å²) in [5.41, 5.74) is 1.84. The first-order valence-electron chi connectivity index (χ1n) is 24.1. The maximum atomic E-state index is 13.1. The number of nitrogens with zero attached hydrogens (tertiary/aromatic N) is 1. The van der Waals surface area contributed by atoms with E-state index in [4.69, 9.17) is 28.4 Å². The topological polar surface area (TPSA) is 300 Å². The number of benzene rings is 1. The molecule has 1 fully saturated rings. The lowest BCUT2D eigenvalue weighted by Crippen LogP contribution is -2.43. The highest BCUT2D eigenvalue weighted by Crippen LogP contribution is 2.25. The van der Waals surface area contributed by atoms with Gasteiger partial charge in [0, 0.05) is 101 Å². The zero-order chi connectivity index (χ0) is 52.0. The van der Waals surface area contributed by atoms with Crippen molar-refractivity contribution in [3.63, 3.8) is 0 Å². The van der Waals surface area contributed by atoms with Crippen molar-refractivity contribution in [3.05, 3.63) is 36.0 Å². The molecule has 0 saturated carbocycles. The van der Waals surface area contributed by atoms with Crippen molar-refractivity contribution in [2.75, 3.05) is 91.9 Å². The highest BCUT2D eigenvalue weighted by molar-refractivity contribution is 8.00. The minimum Gasteiger partial charge on any atom is -0.460 e. The molecule has 6 amide bonds. The number of aliphatic hydroxyl groups excluding tert-OH is 2. The second kappa shape index (κ2) is 34.4. The van der Waals surface area contributed by atoms with Crippen molar-refractivity contribution in [3.8, 4) is 0 Å². The molecule has 22 nitrogen and oxygen atoms in total. The van der Waals surface area contributed by atoms with E-state index in [1.807, 2.05) is 37.4 Å². The van der Waals surface area contributed by atoms with E-state index in [0.29, 0.717) is 18.6 Å². The number of Topliss-reactive ketones (excluding diaryl/α,β-unsaturated/α-hetero) is 1. The summed E-state index contributed by atoms with van der Waals surface area (Å²) >= 11 is 1.24. The van der Waals surface area contributed by atoms with Gasteiger partial charge in [-0.15, -0.1) is 11.8 Å². The van der Waals surface area contributed by atoms with Crippen LogP contribution in [-0.2, 0) is 73.2 Å². The van der Waals surface area contributed by atoms with Gasteiger partial charge in [-0.3, -0.25) is 43.3 Å². The number of methoxy groups -OCH3 is 1. The number of ketones is 1. The van der Waals surface area contributed by atoms with E-state index in [2.05, 4.69) is 26.3 Å². The lowest BCUT2D eigenvalue weighted by Gasteiger charge is -2.21. The number of esters is 1. The molecule has 1 aromatic heterocycles. The SMILES string of the molecule is CCC(CO)OC(COC(=O)CCCC(=O)NCCSC1CC(=O)N(CCC(=O)NCCOCCC(=O)NCCOCCOCC(=O)C[C@@H](Cc2c[nH]c3ccccc23)C(=O)N[C@H](C)[C@@H](C)O)C1=O)OC. The van der Waals surface area contributed by atoms with Gasteiger partial charge in [-0.1, -0.05) is 25.1 Å². The van der Waals surface area contributed by atoms with Gasteiger partial charge in [0.25, 0.3) is 0 Å². The molecular formula is C48H74N6O16S. The van der Waals surface area contributed by atoms with E-state index in [1.54, 1.807) is 13.8 Å². The molecule has 2 aromatic rings. The summed E-state index contributed by atoms with van der Waals surface area (Å²) < 4.78 is 32.2. The van der Waals surface area contributed by atoms with Gasteiger partial charge in [-0.25, -0.2) is 0 Å². The number of hydrogen-bond donors (Lipinski definition) is 7. The van der Waals surface area contributed by atoms with Crippen molar-refractivity contribution >= 4 is 69.9 Å². The summed E-state index contributed by atoms with van der Waals surface area (Å²) in [5, 5.41) is 30.4. The maximum Gasteiger partial charge on any atom is 0.305 e. The summed E-state index contributed by atoms with van der Waals surface area (Å²) in [6.45, 7) is 5.98. The van der Waals surface area contributed by atoms with Gasteiger partial charge in [0.15, 0.2) is 12.1 Å². The number of para-hydroxylation sites is 1. The van der Waals surface area contributed by atoms with E-state index >= 15 is 0 Å². The highest BCUT2D eigenvalue weighted by atomic mass is 32.2. The van der Waals surface area contributed by atoms with Crippen LogP contribution in [-0.4, -0.2) is 189 Å². The number of aliphatic hydroxyl groups is 2. The largest absolute Gasteiger partial charge is 0.460 e.